The number of anilines is 1. The topological polar surface area (TPSA) is 109 Å². The van der Waals surface area contributed by atoms with Gasteiger partial charge < -0.3 is 10.1 Å². The van der Waals surface area contributed by atoms with Crippen molar-refractivity contribution in [3.8, 4) is 5.75 Å². The Kier molecular flexibility index (Phi) is 8.18. The first kappa shape index (κ1) is 23.7. The fourth-order valence-corrected chi connectivity index (χ4v) is 3.40. The van der Waals surface area contributed by atoms with Crippen molar-refractivity contribution in [2.75, 3.05) is 11.9 Å². The summed E-state index contributed by atoms with van der Waals surface area (Å²) in [4.78, 5) is 36.0. The van der Waals surface area contributed by atoms with E-state index in [1.807, 2.05) is 19.1 Å². The lowest BCUT2D eigenvalue weighted by Gasteiger charge is -2.12. The molecule has 3 rings (SSSR count). The molecule has 0 atom stereocenters. The molecule has 0 unspecified atom stereocenters. The number of amides is 3. The third-order valence-corrected chi connectivity index (χ3v) is 5.49. The van der Waals surface area contributed by atoms with E-state index in [-0.39, 0.29) is 23.5 Å². The summed E-state index contributed by atoms with van der Waals surface area (Å²) < 4.78 is 6.25. The quantitative estimate of drug-likeness (QED) is 0.331. The average Bonchev–Trinajstić information content (AvgIpc) is 3.62. The molecule has 0 spiro atoms. The van der Waals surface area contributed by atoms with Crippen LogP contribution in [0.4, 0.5) is 5.69 Å². The van der Waals surface area contributed by atoms with Gasteiger partial charge in [0.2, 0.25) is 5.91 Å². The van der Waals surface area contributed by atoms with Crippen molar-refractivity contribution in [2.45, 2.75) is 26.2 Å². The minimum Gasteiger partial charge on any atom is -0.483 e. The Balaban J connectivity index is 1.39. The van der Waals surface area contributed by atoms with Crippen molar-refractivity contribution >= 4 is 56.7 Å². The summed E-state index contributed by atoms with van der Waals surface area (Å²) in [7, 11) is 0. The van der Waals surface area contributed by atoms with Gasteiger partial charge in [-0.1, -0.05) is 13.0 Å². The molecular formula is C22H23BrN4O4S. The van der Waals surface area contributed by atoms with Crippen LogP contribution in [0.15, 0.2) is 46.9 Å². The fourth-order valence-electron chi connectivity index (χ4n) is 2.70. The van der Waals surface area contributed by atoms with Crippen molar-refractivity contribution in [1.29, 1.82) is 0 Å². The summed E-state index contributed by atoms with van der Waals surface area (Å²) >= 11 is 8.43. The van der Waals surface area contributed by atoms with Crippen LogP contribution < -0.4 is 26.2 Å². The number of rotatable bonds is 7. The van der Waals surface area contributed by atoms with Crippen molar-refractivity contribution in [3.63, 3.8) is 0 Å². The van der Waals surface area contributed by atoms with Crippen LogP contribution in [0.2, 0.25) is 0 Å². The van der Waals surface area contributed by atoms with Crippen molar-refractivity contribution in [2.24, 2.45) is 5.92 Å². The minimum absolute atomic E-state index is 0.000676. The molecule has 0 bridgehead atoms. The van der Waals surface area contributed by atoms with Gasteiger partial charge in [-0.15, -0.1) is 0 Å². The largest absolute Gasteiger partial charge is 0.483 e. The number of halogens is 1. The highest BCUT2D eigenvalue weighted by Crippen LogP contribution is 2.30. The summed E-state index contributed by atoms with van der Waals surface area (Å²) in [5.41, 5.74) is 7.02. The smallest absolute Gasteiger partial charge is 0.269 e. The van der Waals surface area contributed by atoms with Crippen molar-refractivity contribution in [1.82, 2.24) is 16.2 Å². The number of carbonyl (C=O) groups excluding carboxylic acids is 3. The normalized spacial score (nSPS) is 12.4. The van der Waals surface area contributed by atoms with E-state index < -0.39 is 11.8 Å². The Morgan fingerprint density at radius 1 is 1.09 bits per heavy atom. The number of hydrazine groups is 1. The lowest BCUT2D eigenvalue weighted by molar-refractivity contribution is -0.121. The second kappa shape index (κ2) is 11.1. The highest BCUT2D eigenvalue weighted by atomic mass is 79.9. The van der Waals surface area contributed by atoms with E-state index in [1.54, 1.807) is 30.3 Å². The third kappa shape index (κ3) is 7.03. The van der Waals surface area contributed by atoms with Gasteiger partial charge in [-0.3, -0.25) is 30.6 Å². The molecule has 0 radical (unpaired) electrons. The van der Waals surface area contributed by atoms with Gasteiger partial charge in [-0.2, -0.15) is 0 Å². The van der Waals surface area contributed by atoms with Crippen LogP contribution in [0.1, 0.15) is 35.7 Å². The van der Waals surface area contributed by atoms with Crippen molar-refractivity contribution in [3.05, 3.63) is 58.1 Å². The molecule has 0 saturated heterocycles. The standard InChI is InChI=1S/C22H23BrN4O4S/c1-2-13-3-10-18(17(23)11-13)31-12-19(28)25-22(32)27-26-21(30)15-6-8-16(9-7-15)24-20(29)14-4-5-14/h3,6-11,14H,2,4-5,12H2,1H3,(H,24,29)(H,26,30)(H2,25,27,28,32). The number of hydrogen-bond donors (Lipinski definition) is 4. The molecule has 2 aromatic rings. The molecule has 1 aliphatic rings. The van der Waals surface area contributed by atoms with Gasteiger partial charge in [-0.25, -0.2) is 0 Å². The van der Waals surface area contributed by atoms with Gasteiger partial charge >= 0.3 is 0 Å². The predicted octanol–water partition coefficient (Wildman–Crippen LogP) is 3.07. The Morgan fingerprint density at radius 2 is 1.81 bits per heavy atom. The number of ether oxygens (including phenoxy) is 1. The summed E-state index contributed by atoms with van der Waals surface area (Å²) in [6.45, 7) is 1.81. The van der Waals surface area contributed by atoms with Gasteiger partial charge in [0, 0.05) is 17.2 Å². The maximum Gasteiger partial charge on any atom is 0.269 e. The first-order valence-corrected chi connectivity index (χ1v) is 11.3. The Hall–Kier alpha value is -2.98. The molecule has 3 amide bonds. The van der Waals surface area contributed by atoms with Gasteiger partial charge in [0.05, 0.1) is 4.47 Å². The second-order valence-corrected chi connectivity index (χ2v) is 8.47. The summed E-state index contributed by atoms with van der Waals surface area (Å²) in [5.74, 6) is -0.274. The summed E-state index contributed by atoms with van der Waals surface area (Å²) in [6, 6.07) is 12.1. The molecule has 8 nitrogen and oxygen atoms in total. The third-order valence-electron chi connectivity index (χ3n) is 4.67. The lowest BCUT2D eigenvalue weighted by atomic mass is 10.2. The summed E-state index contributed by atoms with van der Waals surface area (Å²) in [5, 5.41) is 5.16. The SMILES string of the molecule is CCc1ccc(OCC(=O)NC(=S)NNC(=O)c2ccc(NC(=O)C3CC3)cc2)c(Br)c1. The molecule has 0 aliphatic heterocycles. The molecule has 168 valence electrons. The van der Waals surface area contributed by atoms with Crippen molar-refractivity contribution < 1.29 is 19.1 Å². The molecule has 10 heteroatoms. The zero-order valence-electron chi connectivity index (χ0n) is 17.4. The Morgan fingerprint density at radius 3 is 2.44 bits per heavy atom. The molecule has 1 aliphatic carbocycles. The van der Waals surface area contributed by atoms with E-state index in [0.717, 1.165) is 29.3 Å². The van der Waals surface area contributed by atoms with Crippen LogP contribution in [0, 0.1) is 5.92 Å². The number of aryl methyl sites for hydroxylation is 1. The molecule has 32 heavy (non-hydrogen) atoms. The molecule has 1 fully saturated rings. The maximum absolute atomic E-state index is 12.2. The van der Waals surface area contributed by atoms with Gasteiger partial charge in [0.15, 0.2) is 11.7 Å². The number of nitrogens with one attached hydrogen (secondary N) is 4. The molecule has 4 N–H and O–H groups in total. The van der Waals surface area contributed by atoms with Crippen LogP contribution in [-0.2, 0) is 16.0 Å². The van der Waals surface area contributed by atoms with Crippen LogP contribution in [0.25, 0.3) is 0 Å². The van der Waals surface area contributed by atoms with E-state index in [9.17, 15) is 14.4 Å². The van der Waals surface area contributed by atoms with Crippen LogP contribution in [0.5, 0.6) is 5.75 Å². The maximum atomic E-state index is 12.2. The van der Waals surface area contributed by atoms with Crippen LogP contribution >= 0.6 is 28.1 Å². The number of hydrogen-bond acceptors (Lipinski definition) is 5. The van der Waals surface area contributed by atoms with E-state index >= 15 is 0 Å². The average molecular weight is 519 g/mol. The minimum atomic E-state index is -0.473. The summed E-state index contributed by atoms with van der Waals surface area (Å²) in [6.07, 6.45) is 2.74. The van der Waals surface area contributed by atoms with Gasteiger partial charge in [-0.05, 0) is 89.4 Å². The molecule has 2 aromatic carbocycles. The van der Waals surface area contributed by atoms with Gasteiger partial charge in [0.25, 0.3) is 11.8 Å². The highest BCUT2D eigenvalue weighted by molar-refractivity contribution is 9.10. The number of carbonyl (C=O) groups is 3. The molecule has 0 heterocycles. The number of thiocarbonyl (C=S) groups is 1. The van der Waals surface area contributed by atoms with E-state index in [1.165, 1.54) is 0 Å². The molecular weight excluding hydrogens is 496 g/mol. The first-order chi connectivity index (χ1) is 15.4. The van der Waals surface area contributed by atoms with Crippen LogP contribution in [0.3, 0.4) is 0 Å². The van der Waals surface area contributed by atoms with Crippen LogP contribution in [-0.4, -0.2) is 29.4 Å². The fraction of sp³-hybridized carbons (Fsp3) is 0.273. The van der Waals surface area contributed by atoms with E-state index in [0.29, 0.717) is 17.0 Å². The first-order valence-electron chi connectivity index (χ1n) is 10.1. The Labute approximate surface area is 199 Å². The van der Waals surface area contributed by atoms with E-state index in [2.05, 4.69) is 37.4 Å². The predicted molar refractivity (Wildman–Crippen MR) is 128 cm³/mol. The van der Waals surface area contributed by atoms with Gasteiger partial charge in [0.1, 0.15) is 5.75 Å². The number of benzene rings is 2. The zero-order valence-corrected chi connectivity index (χ0v) is 19.8. The second-order valence-electron chi connectivity index (χ2n) is 7.20. The highest BCUT2D eigenvalue weighted by Gasteiger charge is 2.29. The molecule has 1 saturated carbocycles. The lowest BCUT2D eigenvalue weighted by Crippen LogP contribution is -2.49. The monoisotopic (exact) mass is 518 g/mol. The molecule has 0 aromatic heterocycles. The van der Waals surface area contributed by atoms with E-state index in [4.69, 9.17) is 17.0 Å². The Bertz CT molecular complexity index is 1030. The zero-order chi connectivity index (χ0) is 23.1.